The van der Waals surface area contributed by atoms with Crippen LogP contribution in [0.15, 0.2) is 55.1 Å². The van der Waals surface area contributed by atoms with Crippen molar-refractivity contribution < 1.29 is 14.3 Å². The highest BCUT2D eigenvalue weighted by molar-refractivity contribution is 5.94. The van der Waals surface area contributed by atoms with Gasteiger partial charge in [-0.3, -0.25) is 9.36 Å². The van der Waals surface area contributed by atoms with Gasteiger partial charge in [-0.2, -0.15) is 0 Å². The number of amides is 1. The third-order valence-corrected chi connectivity index (χ3v) is 4.76. The van der Waals surface area contributed by atoms with E-state index >= 15 is 0 Å². The summed E-state index contributed by atoms with van der Waals surface area (Å²) < 4.78 is 13.0. The van der Waals surface area contributed by atoms with Crippen molar-refractivity contribution in [3.8, 4) is 17.2 Å². The standard InChI is InChI=1S/C20H20N4O3/c1-14(15-6-7-18-19(11-15)27-9-8-26-18)23(2)20(25)16-4-3-5-17(10-16)24-12-21-22-13-24/h3-7,10-14H,8-9H2,1-2H3. The summed E-state index contributed by atoms with van der Waals surface area (Å²) in [6.07, 6.45) is 3.20. The van der Waals surface area contributed by atoms with Crippen LogP contribution in [0.5, 0.6) is 11.5 Å². The van der Waals surface area contributed by atoms with E-state index in [0.29, 0.717) is 18.8 Å². The molecule has 1 unspecified atom stereocenters. The summed E-state index contributed by atoms with van der Waals surface area (Å²) in [6, 6.07) is 13.1. The molecule has 0 spiro atoms. The summed E-state index contributed by atoms with van der Waals surface area (Å²) in [4.78, 5) is 14.7. The van der Waals surface area contributed by atoms with E-state index in [9.17, 15) is 4.79 Å². The Hall–Kier alpha value is -3.35. The molecule has 0 radical (unpaired) electrons. The molecule has 7 nitrogen and oxygen atoms in total. The number of carbonyl (C=O) groups is 1. The van der Waals surface area contributed by atoms with Gasteiger partial charge in [-0.05, 0) is 42.8 Å². The van der Waals surface area contributed by atoms with Crippen molar-refractivity contribution in [2.75, 3.05) is 20.3 Å². The number of fused-ring (bicyclic) bond motifs is 1. The van der Waals surface area contributed by atoms with Crippen LogP contribution in [0.4, 0.5) is 0 Å². The minimum absolute atomic E-state index is 0.0627. The van der Waals surface area contributed by atoms with Crippen LogP contribution < -0.4 is 9.47 Å². The van der Waals surface area contributed by atoms with Crippen molar-refractivity contribution >= 4 is 5.91 Å². The van der Waals surface area contributed by atoms with Gasteiger partial charge in [-0.25, -0.2) is 0 Å². The van der Waals surface area contributed by atoms with Gasteiger partial charge in [0.25, 0.3) is 5.91 Å². The third-order valence-electron chi connectivity index (χ3n) is 4.76. The Bertz CT molecular complexity index is 956. The van der Waals surface area contributed by atoms with E-state index in [1.807, 2.05) is 49.4 Å². The molecule has 2 heterocycles. The number of carbonyl (C=O) groups excluding carboxylic acids is 1. The molecule has 27 heavy (non-hydrogen) atoms. The SMILES string of the molecule is CC(c1ccc2c(c1)OCCO2)N(C)C(=O)c1cccc(-n2cnnc2)c1. The lowest BCUT2D eigenvalue weighted by molar-refractivity contribution is 0.0742. The maximum atomic E-state index is 13.0. The highest BCUT2D eigenvalue weighted by atomic mass is 16.6. The average Bonchev–Trinajstić information content (AvgIpc) is 3.27. The Morgan fingerprint density at radius 2 is 1.81 bits per heavy atom. The van der Waals surface area contributed by atoms with Crippen LogP contribution in [-0.2, 0) is 0 Å². The first-order chi connectivity index (χ1) is 13.1. The number of nitrogens with zero attached hydrogens (tertiary/aromatic N) is 4. The van der Waals surface area contributed by atoms with Crippen LogP contribution in [-0.4, -0.2) is 45.8 Å². The number of rotatable bonds is 4. The van der Waals surface area contributed by atoms with Crippen molar-refractivity contribution in [1.82, 2.24) is 19.7 Å². The first-order valence-electron chi connectivity index (χ1n) is 8.75. The maximum absolute atomic E-state index is 13.0. The molecule has 1 aromatic heterocycles. The van der Waals surface area contributed by atoms with E-state index < -0.39 is 0 Å². The molecule has 0 bridgehead atoms. The fourth-order valence-corrected chi connectivity index (χ4v) is 3.06. The van der Waals surface area contributed by atoms with Crippen LogP contribution in [0.3, 0.4) is 0 Å². The first-order valence-corrected chi connectivity index (χ1v) is 8.75. The fraction of sp³-hybridized carbons (Fsp3) is 0.250. The quantitative estimate of drug-likeness (QED) is 0.712. The lowest BCUT2D eigenvalue weighted by atomic mass is 10.0. The molecule has 0 N–H and O–H groups in total. The minimum atomic E-state index is -0.119. The lowest BCUT2D eigenvalue weighted by Crippen LogP contribution is -2.29. The van der Waals surface area contributed by atoms with Gasteiger partial charge in [0.1, 0.15) is 25.9 Å². The molecule has 0 saturated heterocycles. The Balaban J connectivity index is 1.56. The predicted octanol–water partition coefficient (Wildman–Crippen LogP) is 2.87. The Morgan fingerprint density at radius 3 is 2.59 bits per heavy atom. The number of aromatic nitrogens is 3. The molecule has 1 aliphatic rings. The van der Waals surface area contributed by atoms with Gasteiger partial charge in [0, 0.05) is 18.3 Å². The zero-order valence-corrected chi connectivity index (χ0v) is 15.2. The number of ether oxygens (including phenoxy) is 2. The number of hydrogen-bond donors (Lipinski definition) is 0. The van der Waals surface area contributed by atoms with E-state index in [4.69, 9.17) is 9.47 Å². The Morgan fingerprint density at radius 1 is 1.07 bits per heavy atom. The summed E-state index contributed by atoms with van der Waals surface area (Å²) >= 11 is 0. The van der Waals surface area contributed by atoms with Gasteiger partial charge in [0.05, 0.1) is 6.04 Å². The smallest absolute Gasteiger partial charge is 0.254 e. The molecule has 3 aromatic rings. The molecule has 2 aromatic carbocycles. The van der Waals surface area contributed by atoms with E-state index in [-0.39, 0.29) is 11.9 Å². The van der Waals surface area contributed by atoms with Gasteiger partial charge < -0.3 is 14.4 Å². The summed E-state index contributed by atoms with van der Waals surface area (Å²) in [6.45, 7) is 3.09. The van der Waals surface area contributed by atoms with E-state index in [1.165, 1.54) is 0 Å². The fourth-order valence-electron chi connectivity index (χ4n) is 3.06. The first kappa shape index (κ1) is 17.1. The van der Waals surface area contributed by atoms with Gasteiger partial charge in [0.2, 0.25) is 0 Å². The van der Waals surface area contributed by atoms with Crippen molar-refractivity contribution in [2.45, 2.75) is 13.0 Å². The zero-order valence-electron chi connectivity index (χ0n) is 15.2. The molecule has 1 amide bonds. The van der Waals surface area contributed by atoms with Crippen LogP contribution >= 0.6 is 0 Å². The van der Waals surface area contributed by atoms with Gasteiger partial charge in [-0.1, -0.05) is 12.1 Å². The second kappa shape index (κ2) is 7.11. The Kier molecular flexibility index (Phi) is 4.50. The van der Waals surface area contributed by atoms with Crippen molar-refractivity contribution in [1.29, 1.82) is 0 Å². The predicted molar refractivity (Wildman–Crippen MR) is 99.3 cm³/mol. The number of hydrogen-bond acceptors (Lipinski definition) is 5. The van der Waals surface area contributed by atoms with Crippen molar-refractivity contribution in [3.63, 3.8) is 0 Å². The van der Waals surface area contributed by atoms with Crippen molar-refractivity contribution in [3.05, 3.63) is 66.2 Å². The highest BCUT2D eigenvalue weighted by Gasteiger charge is 2.21. The molecule has 0 saturated carbocycles. The molecule has 1 atom stereocenters. The average molecular weight is 364 g/mol. The minimum Gasteiger partial charge on any atom is -0.486 e. The second-order valence-electron chi connectivity index (χ2n) is 6.41. The number of benzene rings is 2. The van der Waals surface area contributed by atoms with Crippen molar-refractivity contribution in [2.24, 2.45) is 0 Å². The van der Waals surface area contributed by atoms with Crippen LogP contribution in [0.1, 0.15) is 28.9 Å². The monoisotopic (exact) mass is 364 g/mol. The summed E-state index contributed by atoms with van der Waals surface area (Å²) in [7, 11) is 1.80. The lowest BCUT2D eigenvalue weighted by Gasteiger charge is -2.27. The topological polar surface area (TPSA) is 69.5 Å². The molecule has 1 aliphatic heterocycles. The molecular weight excluding hydrogens is 344 g/mol. The van der Waals surface area contributed by atoms with Crippen LogP contribution in [0, 0.1) is 0 Å². The summed E-state index contributed by atoms with van der Waals surface area (Å²) in [5.74, 6) is 1.40. The second-order valence-corrected chi connectivity index (χ2v) is 6.41. The molecule has 7 heteroatoms. The molecule has 138 valence electrons. The zero-order chi connectivity index (χ0) is 18.8. The van der Waals surface area contributed by atoms with Gasteiger partial charge in [-0.15, -0.1) is 10.2 Å². The Labute approximate surface area is 157 Å². The van der Waals surface area contributed by atoms with Gasteiger partial charge >= 0.3 is 0 Å². The van der Waals surface area contributed by atoms with Crippen LogP contribution in [0.25, 0.3) is 5.69 Å². The molecule has 4 rings (SSSR count). The van der Waals surface area contributed by atoms with E-state index in [2.05, 4.69) is 10.2 Å². The van der Waals surface area contributed by atoms with E-state index in [0.717, 1.165) is 22.7 Å². The molecule has 0 aliphatic carbocycles. The molecular formula is C20H20N4O3. The largest absolute Gasteiger partial charge is 0.486 e. The van der Waals surface area contributed by atoms with Gasteiger partial charge in [0.15, 0.2) is 11.5 Å². The summed E-state index contributed by atoms with van der Waals surface area (Å²) in [5.41, 5.74) is 2.43. The molecule has 0 fully saturated rings. The summed E-state index contributed by atoms with van der Waals surface area (Å²) in [5, 5.41) is 7.61. The normalized spacial score (nSPS) is 13.9. The van der Waals surface area contributed by atoms with Crippen LogP contribution in [0.2, 0.25) is 0 Å². The van der Waals surface area contributed by atoms with E-state index in [1.54, 1.807) is 29.2 Å². The third kappa shape index (κ3) is 3.36. The highest BCUT2D eigenvalue weighted by Crippen LogP contribution is 2.34. The maximum Gasteiger partial charge on any atom is 0.254 e.